The van der Waals surface area contributed by atoms with Crippen LogP contribution in [0.25, 0.3) is 0 Å². The number of nitrogens with one attached hydrogen (secondary N) is 1. The third-order valence-electron chi connectivity index (χ3n) is 5.70. The minimum Gasteiger partial charge on any atom is -0.497 e. The Balaban J connectivity index is 1.41. The maximum absolute atomic E-state index is 12.8. The van der Waals surface area contributed by atoms with Gasteiger partial charge in [-0.1, -0.05) is 12.1 Å². The minimum absolute atomic E-state index is 0.0122. The monoisotopic (exact) mass is 460 g/mol. The van der Waals surface area contributed by atoms with Crippen molar-refractivity contribution in [1.82, 2.24) is 9.62 Å². The molecule has 0 aromatic heterocycles. The van der Waals surface area contributed by atoms with Crippen molar-refractivity contribution in [2.45, 2.75) is 37.5 Å². The Morgan fingerprint density at radius 1 is 1.03 bits per heavy atom. The zero-order valence-corrected chi connectivity index (χ0v) is 19.6. The number of nitrogens with zero attached hydrogens (tertiary/aromatic N) is 1. The largest absolute Gasteiger partial charge is 0.497 e. The van der Waals surface area contributed by atoms with Gasteiger partial charge < -0.3 is 14.8 Å². The van der Waals surface area contributed by atoms with E-state index in [0.717, 1.165) is 18.6 Å². The molecular formula is C24H32N2O5S. The van der Waals surface area contributed by atoms with Crippen molar-refractivity contribution in [3.63, 3.8) is 0 Å². The number of carbonyl (C=O) groups excluding carboxylic acids is 1. The topological polar surface area (TPSA) is 84.9 Å². The van der Waals surface area contributed by atoms with E-state index in [2.05, 4.69) is 5.32 Å². The molecule has 2 aromatic carbocycles. The van der Waals surface area contributed by atoms with Crippen molar-refractivity contribution in [3.05, 3.63) is 54.1 Å². The van der Waals surface area contributed by atoms with Gasteiger partial charge in [-0.25, -0.2) is 8.42 Å². The number of methoxy groups -OCH3 is 1. The predicted molar refractivity (Wildman–Crippen MR) is 123 cm³/mol. The van der Waals surface area contributed by atoms with E-state index >= 15 is 0 Å². The highest BCUT2D eigenvalue weighted by atomic mass is 32.2. The molecule has 1 aliphatic heterocycles. The maximum Gasteiger partial charge on any atom is 0.243 e. The second-order valence-electron chi connectivity index (χ2n) is 7.83. The highest BCUT2D eigenvalue weighted by Crippen LogP contribution is 2.25. The predicted octanol–water partition coefficient (Wildman–Crippen LogP) is 3.24. The molecule has 174 valence electrons. The number of hydrogen-bond donors (Lipinski definition) is 1. The van der Waals surface area contributed by atoms with Crippen LogP contribution in [0.15, 0.2) is 53.4 Å². The number of aryl methyl sites for hydroxylation is 1. The van der Waals surface area contributed by atoms with Crippen LogP contribution in [0.4, 0.5) is 0 Å². The average Bonchev–Trinajstić information content (AvgIpc) is 2.83. The van der Waals surface area contributed by atoms with E-state index in [-0.39, 0.29) is 16.7 Å². The Morgan fingerprint density at radius 2 is 1.66 bits per heavy atom. The van der Waals surface area contributed by atoms with Crippen LogP contribution in [-0.2, 0) is 21.2 Å². The van der Waals surface area contributed by atoms with E-state index in [0.29, 0.717) is 44.8 Å². The standard InChI is InChI=1S/C24H32N2O5S/c1-3-31-22-8-6-19(7-9-22)5-4-16-25-24(27)20-14-17-26(18-15-20)32(28,29)23-12-10-21(30-2)11-13-23/h6-13,20H,3-5,14-18H2,1-2H3,(H,25,27). The summed E-state index contributed by atoms with van der Waals surface area (Å²) in [7, 11) is -2.02. The molecule has 2 aromatic rings. The third kappa shape index (κ3) is 6.23. The van der Waals surface area contributed by atoms with Crippen molar-refractivity contribution in [2.75, 3.05) is 33.4 Å². The third-order valence-corrected chi connectivity index (χ3v) is 7.61. The lowest BCUT2D eigenvalue weighted by molar-refractivity contribution is -0.126. The van der Waals surface area contributed by atoms with Crippen LogP contribution in [0.3, 0.4) is 0 Å². The fourth-order valence-electron chi connectivity index (χ4n) is 3.82. The zero-order chi connectivity index (χ0) is 23.0. The Morgan fingerprint density at radius 3 is 2.25 bits per heavy atom. The van der Waals surface area contributed by atoms with Gasteiger partial charge in [-0.2, -0.15) is 4.31 Å². The fraction of sp³-hybridized carbons (Fsp3) is 0.458. The van der Waals surface area contributed by atoms with Crippen molar-refractivity contribution >= 4 is 15.9 Å². The molecule has 0 atom stereocenters. The Bertz CT molecular complexity index is 966. The van der Waals surface area contributed by atoms with E-state index in [1.54, 1.807) is 31.4 Å². The summed E-state index contributed by atoms with van der Waals surface area (Å²) in [6.45, 7) is 3.91. The van der Waals surface area contributed by atoms with Crippen molar-refractivity contribution in [3.8, 4) is 11.5 Å². The summed E-state index contributed by atoms with van der Waals surface area (Å²) in [5, 5.41) is 3.01. The van der Waals surface area contributed by atoms with Gasteiger partial charge in [0.25, 0.3) is 0 Å². The number of carbonyl (C=O) groups is 1. The van der Waals surface area contributed by atoms with Crippen molar-refractivity contribution in [1.29, 1.82) is 0 Å². The van der Waals surface area contributed by atoms with E-state index in [1.807, 2.05) is 31.2 Å². The molecule has 1 saturated heterocycles. The lowest BCUT2D eigenvalue weighted by atomic mass is 9.97. The quantitative estimate of drug-likeness (QED) is 0.550. The number of piperidine rings is 1. The van der Waals surface area contributed by atoms with Crippen molar-refractivity contribution < 1.29 is 22.7 Å². The fourth-order valence-corrected chi connectivity index (χ4v) is 5.29. The number of benzene rings is 2. The molecule has 1 heterocycles. The van der Waals surface area contributed by atoms with Crippen LogP contribution in [-0.4, -0.2) is 52.0 Å². The summed E-state index contributed by atoms with van der Waals surface area (Å²) in [5.74, 6) is 1.34. The number of sulfonamides is 1. The summed E-state index contributed by atoms with van der Waals surface area (Å²) in [6, 6.07) is 14.4. The first-order valence-electron chi connectivity index (χ1n) is 11.1. The molecule has 32 heavy (non-hydrogen) atoms. The molecule has 0 saturated carbocycles. The maximum atomic E-state index is 12.8. The molecule has 1 N–H and O–H groups in total. The van der Waals surface area contributed by atoms with Crippen LogP contribution < -0.4 is 14.8 Å². The Kier molecular flexibility index (Phi) is 8.53. The molecular weight excluding hydrogens is 428 g/mol. The van der Waals surface area contributed by atoms with E-state index in [4.69, 9.17) is 9.47 Å². The van der Waals surface area contributed by atoms with E-state index < -0.39 is 10.0 Å². The van der Waals surface area contributed by atoms with E-state index in [9.17, 15) is 13.2 Å². The summed E-state index contributed by atoms with van der Waals surface area (Å²) < 4.78 is 37.7. The first kappa shape index (κ1) is 24.1. The van der Waals surface area contributed by atoms with Crippen LogP contribution in [0.2, 0.25) is 0 Å². The molecule has 8 heteroatoms. The Labute approximate surface area is 190 Å². The lowest BCUT2D eigenvalue weighted by Crippen LogP contribution is -2.43. The lowest BCUT2D eigenvalue weighted by Gasteiger charge is -2.30. The van der Waals surface area contributed by atoms with Gasteiger partial charge in [0.2, 0.25) is 15.9 Å². The molecule has 1 fully saturated rings. The summed E-state index contributed by atoms with van der Waals surface area (Å²) in [4.78, 5) is 12.8. The second kappa shape index (κ2) is 11.3. The summed E-state index contributed by atoms with van der Waals surface area (Å²) in [6.07, 6.45) is 2.79. The van der Waals surface area contributed by atoms with E-state index in [1.165, 1.54) is 9.87 Å². The molecule has 0 spiro atoms. The molecule has 0 radical (unpaired) electrons. The first-order chi connectivity index (χ1) is 15.4. The van der Waals surface area contributed by atoms with Crippen LogP contribution >= 0.6 is 0 Å². The molecule has 3 rings (SSSR count). The van der Waals surface area contributed by atoms with Crippen LogP contribution in [0, 0.1) is 5.92 Å². The van der Waals surface area contributed by atoms with Gasteiger partial charge in [-0.05, 0) is 74.6 Å². The van der Waals surface area contributed by atoms with Gasteiger partial charge in [0.1, 0.15) is 11.5 Å². The average molecular weight is 461 g/mol. The number of rotatable bonds is 10. The van der Waals surface area contributed by atoms with Crippen LogP contribution in [0.5, 0.6) is 11.5 Å². The van der Waals surface area contributed by atoms with Gasteiger partial charge in [0, 0.05) is 25.6 Å². The van der Waals surface area contributed by atoms with Gasteiger partial charge in [-0.15, -0.1) is 0 Å². The smallest absolute Gasteiger partial charge is 0.243 e. The number of amides is 1. The van der Waals surface area contributed by atoms with Gasteiger partial charge in [0.15, 0.2) is 0 Å². The van der Waals surface area contributed by atoms with Gasteiger partial charge in [-0.3, -0.25) is 4.79 Å². The number of hydrogen-bond acceptors (Lipinski definition) is 5. The summed E-state index contributed by atoms with van der Waals surface area (Å²) >= 11 is 0. The van der Waals surface area contributed by atoms with Crippen molar-refractivity contribution in [2.24, 2.45) is 5.92 Å². The number of ether oxygens (including phenoxy) is 2. The normalized spacial score (nSPS) is 15.3. The SMILES string of the molecule is CCOc1ccc(CCCNC(=O)C2CCN(S(=O)(=O)c3ccc(OC)cc3)CC2)cc1. The second-order valence-corrected chi connectivity index (χ2v) is 9.76. The molecule has 0 bridgehead atoms. The zero-order valence-electron chi connectivity index (χ0n) is 18.7. The van der Waals surface area contributed by atoms with Crippen LogP contribution in [0.1, 0.15) is 31.7 Å². The summed E-state index contributed by atoms with van der Waals surface area (Å²) in [5.41, 5.74) is 1.21. The Hall–Kier alpha value is -2.58. The molecule has 0 aliphatic carbocycles. The molecule has 7 nitrogen and oxygen atoms in total. The van der Waals surface area contributed by atoms with Gasteiger partial charge in [0.05, 0.1) is 18.6 Å². The molecule has 1 aliphatic rings. The van der Waals surface area contributed by atoms with Gasteiger partial charge >= 0.3 is 0 Å². The highest BCUT2D eigenvalue weighted by molar-refractivity contribution is 7.89. The highest BCUT2D eigenvalue weighted by Gasteiger charge is 2.31. The minimum atomic E-state index is -3.56. The molecule has 1 amide bonds. The first-order valence-corrected chi connectivity index (χ1v) is 12.5. The molecule has 0 unspecified atom stereocenters.